The number of hydrogen-bond acceptors (Lipinski definition) is 6. The van der Waals surface area contributed by atoms with Crippen LogP contribution in [0.3, 0.4) is 0 Å². The second-order valence-corrected chi connectivity index (χ2v) is 10.2. The standard InChI is InChI=1S/C21H19N3O2S3/c1-12-11-27-21(22-12)23-19(25)13-6-8-24(9-7-13)20(26)17-10-16-18(29-17)14-4-2-3-5-15(14)28-16/h2-5,10-11,13H,6-9H2,1H3,(H,22,23,25). The lowest BCUT2D eigenvalue weighted by molar-refractivity contribution is -0.121. The number of aryl methyl sites for hydroxylation is 1. The molecule has 0 saturated carbocycles. The van der Waals surface area contributed by atoms with Crippen LogP contribution in [-0.4, -0.2) is 34.8 Å². The van der Waals surface area contributed by atoms with Crippen molar-refractivity contribution in [2.24, 2.45) is 5.92 Å². The summed E-state index contributed by atoms with van der Waals surface area (Å²) in [7, 11) is 0. The Labute approximate surface area is 180 Å². The molecule has 2 amide bonds. The fraction of sp³-hybridized carbons (Fsp3) is 0.286. The van der Waals surface area contributed by atoms with Gasteiger partial charge in [-0.1, -0.05) is 18.2 Å². The van der Waals surface area contributed by atoms with E-state index in [0.29, 0.717) is 31.1 Å². The summed E-state index contributed by atoms with van der Waals surface area (Å²) in [6.45, 7) is 3.13. The Balaban J connectivity index is 1.25. The van der Waals surface area contributed by atoms with E-state index in [1.54, 1.807) is 22.7 Å². The number of rotatable bonds is 3. The van der Waals surface area contributed by atoms with Crippen LogP contribution >= 0.6 is 34.0 Å². The van der Waals surface area contributed by atoms with Crippen molar-refractivity contribution in [1.29, 1.82) is 0 Å². The zero-order valence-corrected chi connectivity index (χ0v) is 18.3. The molecule has 1 aromatic carbocycles. The van der Waals surface area contributed by atoms with E-state index in [0.717, 1.165) is 10.6 Å². The van der Waals surface area contributed by atoms with E-state index < -0.39 is 0 Å². The molecular weight excluding hydrogens is 422 g/mol. The summed E-state index contributed by atoms with van der Waals surface area (Å²) in [5.74, 6) is 0.0190. The van der Waals surface area contributed by atoms with Crippen LogP contribution in [0.1, 0.15) is 28.2 Å². The maximum Gasteiger partial charge on any atom is 0.263 e. The molecule has 8 heteroatoms. The number of fused-ring (bicyclic) bond motifs is 3. The first-order valence-electron chi connectivity index (χ1n) is 9.52. The van der Waals surface area contributed by atoms with E-state index in [1.165, 1.54) is 30.8 Å². The number of carbonyl (C=O) groups is 2. The molecule has 3 aromatic heterocycles. The molecule has 1 aliphatic heterocycles. The monoisotopic (exact) mass is 441 g/mol. The predicted molar refractivity (Wildman–Crippen MR) is 121 cm³/mol. The number of benzene rings is 1. The average molecular weight is 442 g/mol. The van der Waals surface area contributed by atoms with Gasteiger partial charge in [-0.25, -0.2) is 4.98 Å². The van der Waals surface area contributed by atoms with E-state index in [1.807, 2.05) is 35.4 Å². The minimum atomic E-state index is -0.0703. The van der Waals surface area contributed by atoms with Crippen LogP contribution in [0.5, 0.6) is 0 Å². The molecule has 0 unspecified atom stereocenters. The first-order valence-corrected chi connectivity index (χ1v) is 12.0. The maximum atomic E-state index is 13.0. The second kappa shape index (κ2) is 7.51. The second-order valence-electron chi connectivity index (χ2n) is 7.25. The highest BCUT2D eigenvalue weighted by molar-refractivity contribution is 7.33. The highest BCUT2D eigenvalue weighted by Crippen LogP contribution is 2.39. The normalized spacial score (nSPS) is 15.3. The molecule has 1 aliphatic rings. The number of aromatic nitrogens is 1. The number of piperidine rings is 1. The van der Waals surface area contributed by atoms with Crippen LogP contribution in [0.4, 0.5) is 5.13 Å². The van der Waals surface area contributed by atoms with Crippen molar-refractivity contribution >= 4 is 70.4 Å². The van der Waals surface area contributed by atoms with Gasteiger partial charge >= 0.3 is 0 Å². The van der Waals surface area contributed by atoms with Crippen molar-refractivity contribution in [2.45, 2.75) is 19.8 Å². The Morgan fingerprint density at radius 3 is 2.69 bits per heavy atom. The summed E-state index contributed by atoms with van der Waals surface area (Å²) in [6.07, 6.45) is 1.37. The fourth-order valence-corrected chi connectivity index (χ4v) is 6.91. The molecule has 29 heavy (non-hydrogen) atoms. The van der Waals surface area contributed by atoms with Gasteiger partial charge < -0.3 is 10.2 Å². The van der Waals surface area contributed by atoms with Crippen LogP contribution in [0, 0.1) is 12.8 Å². The van der Waals surface area contributed by atoms with E-state index in [-0.39, 0.29) is 17.7 Å². The van der Waals surface area contributed by atoms with Crippen LogP contribution in [0.2, 0.25) is 0 Å². The molecule has 0 aliphatic carbocycles. The van der Waals surface area contributed by atoms with Crippen molar-refractivity contribution in [3.8, 4) is 0 Å². The summed E-state index contributed by atoms with van der Waals surface area (Å²) < 4.78 is 3.63. The largest absolute Gasteiger partial charge is 0.338 e. The van der Waals surface area contributed by atoms with Gasteiger partial charge in [-0.15, -0.1) is 34.0 Å². The zero-order chi connectivity index (χ0) is 20.0. The Morgan fingerprint density at radius 1 is 1.14 bits per heavy atom. The Hall–Kier alpha value is -2.29. The number of carbonyl (C=O) groups excluding carboxylic acids is 2. The highest BCUT2D eigenvalue weighted by atomic mass is 32.1. The summed E-state index contributed by atoms with van der Waals surface area (Å²) in [5, 5.41) is 6.71. The van der Waals surface area contributed by atoms with Crippen LogP contribution < -0.4 is 5.32 Å². The number of anilines is 1. The third-order valence-corrected chi connectivity index (χ3v) is 8.54. The molecule has 1 fully saturated rings. The molecule has 1 N–H and O–H groups in total. The van der Waals surface area contributed by atoms with Gasteiger partial charge in [-0.05, 0) is 31.9 Å². The molecule has 0 spiro atoms. The van der Waals surface area contributed by atoms with Crippen molar-refractivity contribution in [3.05, 3.63) is 46.3 Å². The lowest BCUT2D eigenvalue weighted by Gasteiger charge is -2.30. The first-order chi connectivity index (χ1) is 14.1. The topological polar surface area (TPSA) is 62.3 Å². The van der Waals surface area contributed by atoms with Gasteiger partial charge in [0, 0.05) is 39.2 Å². The smallest absolute Gasteiger partial charge is 0.263 e. The van der Waals surface area contributed by atoms with Crippen molar-refractivity contribution in [2.75, 3.05) is 18.4 Å². The molecule has 1 saturated heterocycles. The van der Waals surface area contributed by atoms with Crippen molar-refractivity contribution in [1.82, 2.24) is 9.88 Å². The summed E-state index contributed by atoms with van der Waals surface area (Å²) in [4.78, 5) is 32.5. The number of thiazole rings is 1. The lowest BCUT2D eigenvalue weighted by Crippen LogP contribution is -2.41. The molecule has 0 radical (unpaired) electrons. The number of nitrogens with zero attached hydrogens (tertiary/aromatic N) is 2. The summed E-state index contributed by atoms with van der Waals surface area (Å²) >= 11 is 4.76. The first kappa shape index (κ1) is 18.7. The number of nitrogens with one attached hydrogen (secondary N) is 1. The zero-order valence-electron chi connectivity index (χ0n) is 15.8. The minimum absolute atomic E-state index is 0.00885. The lowest BCUT2D eigenvalue weighted by atomic mass is 9.96. The van der Waals surface area contributed by atoms with Crippen LogP contribution in [-0.2, 0) is 4.79 Å². The molecule has 4 heterocycles. The van der Waals surface area contributed by atoms with E-state index in [4.69, 9.17) is 0 Å². The Kier molecular flexibility index (Phi) is 4.85. The number of likely N-dealkylation sites (tertiary alicyclic amines) is 1. The Bertz CT molecular complexity index is 1210. The van der Waals surface area contributed by atoms with Gasteiger partial charge in [0.2, 0.25) is 5.91 Å². The van der Waals surface area contributed by atoms with Crippen LogP contribution in [0.25, 0.3) is 19.5 Å². The van der Waals surface area contributed by atoms with Crippen molar-refractivity contribution < 1.29 is 9.59 Å². The van der Waals surface area contributed by atoms with Gasteiger partial charge in [-0.3, -0.25) is 9.59 Å². The van der Waals surface area contributed by atoms with Gasteiger partial charge in [0.1, 0.15) is 0 Å². The van der Waals surface area contributed by atoms with E-state index in [2.05, 4.69) is 22.4 Å². The number of hydrogen-bond donors (Lipinski definition) is 1. The molecule has 4 aromatic rings. The van der Waals surface area contributed by atoms with Gasteiger partial charge in [0.05, 0.1) is 15.3 Å². The third-order valence-electron chi connectivity index (χ3n) is 5.26. The maximum absolute atomic E-state index is 13.0. The third kappa shape index (κ3) is 3.56. The number of amides is 2. The van der Waals surface area contributed by atoms with E-state index in [9.17, 15) is 9.59 Å². The van der Waals surface area contributed by atoms with E-state index >= 15 is 0 Å². The SMILES string of the molecule is Cc1csc(NC(=O)C2CCN(C(=O)c3cc4sc5ccccc5c4s3)CC2)n1. The molecule has 5 rings (SSSR count). The van der Waals surface area contributed by atoms with Crippen LogP contribution in [0.15, 0.2) is 35.7 Å². The fourth-order valence-electron chi connectivity index (χ4n) is 3.72. The van der Waals surface area contributed by atoms with Gasteiger partial charge in [-0.2, -0.15) is 0 Å². The quantitative estimate of drug-likeness (QED) is 0.465. The predicted octanol–water partition coefficient (Wildman–Crippen LogP) is 5.37. The molecular formula is C21H19N3O2S3. The molecule has 5 nitrogen and oxygen atoms in total. The average Bonchev–Trinajstić information content (AvgIpc) is 3.42. The summed E-state index contributed by atoms with van der Waals surface area (Å²) in [5.41, 5.74) is 0.911. The van der Waals surface area contributed by atoms with Crippen molar-refractivity contribution in [3.63, 3.8) is 0 Å². The van der Waals surface area contributed by atoms with Gasteiger partial charge in [0.25, 0.3) is 5.91 Å². The molecule has 148 valence electrons. The molecule has 0 atom stereocenters. The summed E-state index contributed by atoms with van der Waals surface area (Å²) in [6, 6.07) is 10.4. The highest BCUT2D eigenvalue weighted by Gasteiger charge is 2.29. The van der Waals surface area contributed by atoms with Gasteiger partial charge in [0.15, 0.2) is 5.13 Å². The molecule has 0 bridgehead atoms. The number of thiophene rings is 2. The Morgan fingerprint density at radius 2 is 1.93 bits per heavy atom. The minimum Gasteiger partial charge on any atom is -0.338 e.